The molecule has 4 rings (SSSR count). The van der Waals surface area contributed by atoms with Crippen LogP contribution in [0.4, 0.5) is 11.5 Å². The van der Waals surface area contributed by atoms with E-state index in [1.165, 1.54) is 7.11 Å². The molecule has 0 spiro atoms. The maximum Gasteiger partial charge on any atom is 0.259 e. The van der Waals surface area contributed by atoms with Crippen molar-refractivity contribution in [3.05, 3.63) is 96.1 Å². The summed E-state index contributed by atoms with van der Waals surface area (Å²) in [5.41, 5.74) is 3.25. The lowest BCUT2D eigenvalue weighted by molar-refractivity contribution is 0.101. The molecule has 2 N–H and O–H groups in total. The highest BCUT2D eigenvalue weighted by Crippen LogP contribution is 2.24. The van der Waals surface area contributed by atoms with Crippen LogP contribution in [0, 0.1) is 0 Å². The summed E-state index contributed by atoms with van der Waals surface area (Å²) >= 11 is 0. The van der Waals surface area contributed by atoms with E-state index in [1.807, 2.05) is 42.5 Å². The number of benzene rings is 3. The summed E-state index contributed by atoms with van der Waals surface area (Å²) in [5.74, 6) is 0.649. The Bertz CT molecular complexity index is 1250. The smallest absolute Gasteiger partial charge is 0.259 e. The van der Waals surface area contributed by atoms with Crippen molar-refractivity contribution in [1.29, 1.82) is 0 Å². The van der Waals surface area contributed by atoms with Gasteiger partial charge in [0.2, 0.25) is 0 Å². The summed E-state index contributed by atoms with van der Waals surface area (Å²) in [7, 11) is 3.30. The molecule has 3 aromatic carbocycles. The first-order valence-corrected chi connectivity index (χ1v) is 10.0. The Morgan fingerprint density at radius 2 is 1.53 bits per heavy atom. The van der Waals surface area contributed by atoms with Crippen molar-refractivity contribution in [2.24, 2.45) is 7.05 Å². The highest BCUT2D eigenvalue weighted by atomic mass is 16.5. The standard InChI is InChI=1S/C25H22N4O3/c1-29-23(27-24(30)18-8-4-3-5-9-18)16-21(28-29)17-12-14-19(15-13-17)26-25(31)20-10-6-7-11-22(20)32-2/h3-16H,1-2H3,(H,26,31)(H,27,30). The van der Waals surface area contributed by atoms with Crippen molar-refractivity contribution in [2.75, 3.05) is 17.7 Å². The predicted molar refractivity (Wildman–Crippen MR) is 124 cm³/mol. The maximum atomic E-state index is 12.6. The SMILES string of the molecule is COc1ccccc1C(=O)Nc1ccc(-c2cc(NC(=O)c3ccccc3)n(C)n2)cc1. The number of anilines is 2. The topological polar surface area (TPSA) is 85.3 Å². The number of nitrogens with zero attached hydrogens (tertiary/aromatic N) is 2. The third-order valence-corrected chi connectivity index (χ3v) is 4.95. The number of methoxy groups -OCH3 is 1. The number of rotatable bonds is 6. The van der Waals surface area contributed by atoms with Gasteiger partial charge in [0.1, 0.15) is 11.6 Å². The lowest BCUT2D eigenvalue weighted by atomic mass is 10.1. The first-order valence-electron chi connectivity index (χ1n) is 10.0. The molecule has 1 aromatic heterocycles. The van der Waals surface area contributed by atoms with Crippen LogP contribution in [-0.4, -0.2) is 28.7 Å². The van der Waals surface area contributed by atoms with Crippen molar-refractivity contribution < 1.29 is 14.3 Å². The number of carbonyl (C=O) groups is 2. The zero-order chi connectivity index (χ0) is 22.5. The Morgan fingerprint density at radius 1 is 0.844 bits per heavy atom. The minimum atomic E-state index is -0.251. The summed E-state index contributed by atoms with van der Waals surface area (Å²) in [5, 5.41) is 10.2. The molecule has 7 nitrogen and oxygen atoms in total. The second-order valence-electron chi connectivity index (χ2n) is 7.09. The summed E-state index contributed by atoms with van der Waals surface area (Å²) < 4.78 is 6.87. The molecule has 2 amide bonds. The number of para-hydroxylation sites is 1. The molecule has 32 heavy (non-hydrogen) atoms. The molecule has 0 aliphatic carbocycles. The van der Waals surface area contributed by atoms with Crippen molar-refractivity contribution in [2.45, 2.75) is 0 Å². The second kappa shape index (κ2) is 9.18. The Labute approximate surface area is 185 Å². The van der Waals surface area contributed by atoms with Crippen LogP contribution in [0.1, 0.15) is 20.7 Å². The van der Waals surface area contributed by atoms with E-state index in [9.17, 15) is 9.59 Å². The van der Waals surface area contributed by atoms with E-state index >= 15 is 0 Å². The quantitative estimate of drug-likeness (QED) is 0.472. The van der Waals surface area contributed by atoms with Crippen LogP contribution in [0.15, 0.2) is 84.9 Å². The average molecular weight is 426 g/mol. The molecular formula is C25H22N4O3. The van der Waals surface area contributed by atoms with Gasteiger partial charge in [-0.2, -0.15) is 5.10 Å². The molecule has 0 radical (unpaired) electrons. The van der Waals surface area contributed by atoms with E-state index < -0.39 is 0 Å². The molecule has 0 aliphatic heterocycles. The van der Waals surface area contributed by atoms with Gasteiger partial charge in [-0.1, -0.05) is 42.5 Å². The number of aromatic nitrogens is 2. The van der Waals surface area contributed by atoms with Gasteiger partial charge in [-0.05, 0) is 36.4 Å². The first kappa shape index (κ1) is 20.9. The fourth-order valence-corrected chi connectivity index (χ4v) is 3.26. The van der Waals surface area contributed by atoms with E-state index in [4.69, 9.17) is 4.74 Å². The third kappa shape index (κ3) is 4.52. The van der Waals surface area contributed by atoms with E-state index in [0.29, 0.717) is 34.1 Å². The Balaban J connectivity index is 1.47. The molecule has 0 saturated heterocycles. The fourth-order valence-electron chi connectivity index (χ4n) is 3.26. The van der Waals surface area contributed by atoms with Gasteiger partial charge in [-0.25, -0.2) is 0 Å². The van der Waals surface area contributed by atoms with Crippen molar-refractivity contribution in [1.82, 2.24) is 9.78 Å². The lowest BCUT2D eigenvalue weighted by Crippen LogP contribution is -2.14. The minimum absolute atomic E-state index is 0.199. The van der Waals surface area contributed by atoms with E-state index in [-0.39, 0.29) is 11.8 Å². The highest BCUT2D eigenvalue weighted by molar-refractivity contribution is 6.06. The van der Waals surface area contributed by atoms with Crippen LogP contribution in [0.2, 0.25) is 0 Å². The average Bonchev–Trinajstić information content (AvgIpc) is 3.20. The van der Waals surface area contributed by atoms with Gasteiger partial charge >= 0.3 is 0 Å². The second-order valence-corrected chi connectivity index (χ2v) is 7.09. The molecule has 0 fully saturated rings. The fraction of sp³-hybridized carbons (Fsp3) is 0.0800. The van der Waals surface area contributed by atoms with Crippen molar-refractivity contribution in [3.8, 4) is 17.0 Å². The van der Waals surface area contributed by atoms with Gasteiger partial charge in [-0.3, -0.25) is 14.3 Å². The number of carbonyl (C=O) groups excluding carboxylic acids is 2. The highest BCUT2D eigenvalue weighted by Gasteiger charge is 2.13. The number of amides is 2. The molecule has 0 saturated carbocycles. The predicted octanol–water partition coefficient (Wildman–Crippen LogP) is 4.60. The van der Waals surface area contributed by atoms with Crippen molar-refractivity contribution >= 4 is 23.3 Å². The van der Waals surface area contributed by atoms with Crippen LogP contribution in [-0.2, 0) is 7.05 Å². The van der Waals surface area contributed by atoms with Crippen LogP contribution in [0.5, 0.6) is 5.75 Å². The Morgan fingerprint density at radius 3 is 2.25 bits per heavy atom. The molecule has 0 aliphatic rings. The summed E-state index contributed by atoms with van der Waals surface area (Å²) in [4.78, 5) is 25.0. The zero-order valence-corrected chi connectivity index (χ0v) is 17.7. The molecule has 0 bridgehead atoms. The van der Waals surface area contributed by atoms with Crippen LogP contribution < -0.4 is 15.4 Å². The Hall–Kier alpha value is -4.39. The number of nitrogens with one attached hydrogen (secondary N) is 2. The number of aryl methyl sites for hydroxylation is 1. The minimum Gasteiger partial charge on any atom is -0.496 e. The maximum absolute atomic E-state index is 12.6. The first-order chi connectivity index (χ1) is 15.5. The molecule has 0 atom stereocenters. The van der Waals surface area contributed by atoms with Crippen molar-refractivity contribution in [3.63, 3.8) is 0 Å². The molecule has 4 aromatic rings. The normalized spacial score (nSPS) is 10.4. The molecule has 1 heterocycles. The monoisotopic (exact) mass is 426 g/mol. The van der Waals surface area contributed by atoms with E-state index in [0.717, 1.165) is 5.56 Å². The molecular weight excluding hydrogens is 404 g/mol. The summed E-state index contributed by atoms with van der Waals surface area (Å²) in [6, 6.07) is 25.2. The molecule has 0 unspecified atom stereocenters. The largest absolute Gasteiger partial charge is 0.496 e. The molecule has 7 heteroatoms. The van der Waals surface area contributed by atoms with Gasteiger partial charge in [0.25, 0.3) is 11.8 Å². The van der Waals surface area contributed by atoms with Gasteiger partial charge in [-0.15, -0.1) is 0 Å². The summed E-state index contributed by atoms with van der Waals surface area (Å²) in [6.45, 7) is 0. The third-order valence-electron chi connectivity index (χ3n) is 4.95. The van der Waals surface area contributed by atoms with E-state index in [2.05, 4.69) is 15.7 Å². The Kier molecular flexibility index (Phi) is 5.98. The van der Waals surface area contributed by atoms with E-state index in [1.54, 1.807) is 54.2 Å². The van der Waals surface area contributed by atoms with Gasteiger partial charge < -0.3 is 15.4 Å². The zero-order valence-electron chi connectivity index (χ0n) is 17.7. The number of hydrogen-bond acceptors (Lipinski definition) is 4. The van der Waals surface area contributed by atoms with Gasteiger partial charge in [0.05, 0.1) is 18.4 Å². The molecule has 160 valence electrons. The van der Waals surface area contributed by atoms with Gasteiger partial charge in [0, 0.05) is 29.9 Å². The lowest BCUT2D eigenvalue weighted by Gasteiger charge is -2.09. The number of hydrogen-bond donors (Lipinski definition) is 2. The van der Waals surface area contributed by atoms with Crippen LogP contribution >= 0.6 is 0 Å². The summed E-state index contributed by atoms with van der Waals surface area (Å²) in [6.07, 6.45) is 0. The van der Waals surface area contributed by atoms with Crippen LogP contribution in [0.25, 0.3) is 11.3 Å². The number of ether oxygens (including phenoxy) is 1. The van der Waals surface area contributed by atoms with Gasteiger partial charge in [0.15, 0.2) is 0 Å². The van der Waals surface area contributed by atoms with Crippen LogP contribution in [0.3, 0.4) is 0 Å².